The van der Waals surface area contributed by atoms with E-state index in [0.29, 0.717) is 25.0 Å². The highest BCUT2D eigenvalue weighted by molar-refractivity contribution is 5.67. The van der Waals surface area contributed by atoms with Gasteiger partial charge in [-0.1, -0.05) is 65.5 Å². The van der Waals surface area contributed by atoms with Gasteiger partial charge in [0.1, 0.15) is 6.10 Å². The summed E-state index contributed by atoms with van der Waals surface area (Å²) in [6.07, 6.45) is 16.5. The maximum Gasteiger partial charge on any atom is 0.407 e. The number of nitrogens with two attached hydrogens (primary N) is 2. The summed E-state index contributed by atoms with van der Waals surface area (Å²) in [7, 11) is 0. The SMILES string of the molecule is CC(C)CCC[C@@H](C)[C@H]1CC[C@H]2[C@@H]3CC=C4C[C@H](OC(=O)NCCN(CCN)CCN)CC[C@]4(C)[C@H]3CC[C@]12C. The van der Waals surface area contributed by atoms with Crippen LogP contribution in [0.3, 0.4) is 0 Å². The third kappa shape index (κ3) is 6.92. The summed E-state index contributed by atoms with van der Waals surface area (Å²) in [4.78, 5) is 14.8. The summed E-state index contributed by atoms with van der Waals surface area (Å²) in [6, 6.07) is 0. The average molecular weight is 559 g/mol. The molecular weight excluding hydrogens is 496 g/mol. The van der Waals surface area contributed by atoms with Crippen LogP contribution in [0.15, 0.2) is 11.6 Å². The van der Waals surface area contributed by atoms with E-state index in [9.17, 15) is 4.79 Å². The third-order valence-corrected chi connectivity index (χ3v) is 12.1. The van der Waals surface area contributed by atoms with Crippen molar-refractivity contribution in [2.24, 2.45) is 57.8 Å². The molecule has 0 aliphatic heterocycles. The van der Waals surface area contributed by atoms with E-state index in [-0.39, 0.29) is 17.6 Å². The number of hydrogen-bond donors (Lipinski definition) is 3. The first-order chi connectivity index (χ1) is 19.1. The molecule has 4 rings (SSSR count). The quantitative estimate of drug-likeness (QED) is 0.229. The normalized spacial score (nSPS) is 36.0. The molecule has 6 heteroatoms. The van der Waals surface area contributed by atoms with Crippen LogP contribution in [0.4, 0.5) is 4.79 Å². The second-order valence-electron chi connectivity index (χ2n) is 14.9. The minimum absolute atomic E-state index is 0.00327. The lowest BCUT2D eigenvalue weighted by Crippen LogP contribution is -2.51. The number of ether oxygens (including phenoxy) is 1. The molecule has 0 bridgehead atoms. The van der Waals surface area contributed by atoms with Crippen LogP contribution in [0.1, 0.15) is 105 Å². The topological polar surface area (TPSA) is 93.6 Å². The first-order valence-electron chi connectivity index (χ1n) is 16.9. The monoisotopic (exact) mass is 558 g/mol. The van der Waals surface area contributed by atoms with Crippen molar-refractivity contribution >= 4 is 6.09 Å². The Morgan fingerprint density at radius 2 is 1.77 bits per heavy atom. The van der Waals surface area contributed by atoms with Gasteiger partial charge in [0.05, 0.1) is 0 Å². The molecule has 3 fully saturated rings. The molecule has 0 aromatic rings. The number of nitrogens with one attached hydrogen (secondary N) is 1. The summed E-state index contributed by atoms with van der Waals surface area (Å²) < 4.78 is 5.94. The molecule has 40 heavy (non-hydrogen) atoms. The van der Waals surface area contributed by atoms with Crippen LogP contribution >= 0.6 is 0 Å². The fourth-order valence-corrected chi connectivity index (χ4v) is 9.96. The maximum atomic E-state index is 12.6. The predicted octanol–water partition coefficient (Wildman–Crippen LogP) is 6.34. The van der Waals surface area contributed by atoms with Gasteiger partial charge in [-0.05, 0) is 91.3 Å². The summed E-state index contributed by atoms with van der Waals surface area (Å²) >= 11 is 0. The van der Waals surface area contributed by atoms with Crippen molar-refractivity contribution < 1.29 is 9.53 Å². The maximum absolute atomic E-state index is 12.6. The molecule has 0 heterocycles. The van der Waals surface area contributed by atoms with Gasteiger partial charge in [-0.2, -0.15) is 0 Å². The lowest BCUT2D eigenvalue weighted by molar-refractivity contribution is -0.0581. The van der Waals surface area contributed by atoms with Gasteiger partial charge < -0.3 is 21.5 Å². The van der Waals surface area contributed by atoms with E-state index in [1.807, 2.05) is 0 Å². The van der Waals surface area contributed by atoms with Crippen LogP contribution in [0.2, 0.25) is 0 Å². The molecule has 6 nitrogen and oxygen atoms in total. The van der Waals surface area contributed by atoms with Gasteiger partial charge in [0.25, 0.3) is 0 Å². The summed E-state index contributed by atoms with van der Waals surface area (Å²) in [5, 5.41) is 2.96. The fraction of sp³-hybridized carbons (Fsp3) is 0.912. The van der Waals surface area contributed by atoms with Gasteiger partial charge in [0.2, 0.25) is 0 Å². The van der Waals surface area contributed by atoms with E-state index in [4.69, 9.17) is 16.2 Å². The molecule has 4 aliphatic carbocycles. The Bertz CT molecular complexity index is 855. The van der Waals surface area contributed by atoms with Crippen LogP contribution < -0.4 is 16.8 Å². The largest absolute Gasteiger partial charge is 0.446 e. The van der Waals surface area contributed by atoms with Crippen molar-refractivity contribution in [3.8, 4) is 0 Å². The van der Waals surface area contributed by atoms with E-state index in [0.717, 1.165) is 74.4 Å². The number of nitrogens with zero attached hydrogens (tertiary/aromatic N) is 1. The van der Waals surface area contributed by atoms with E-state index >= 15 is 0 Å². The number of allylic oxidation sites excluding steroid dienone is 1. The number of alkyl carbamates (subject to hydrolysis) is 1. The Morgan fingerprint density at radius 3 is 2.48 bits per heavy atom. The third-order valence-electron chi connectivity index (χ3n) is 12.1. The molecule has 0 aromatic heterocycles. The summed E-state index contributed by atoms with van der Waals surface area (Å²) in [6.45, 7) is 16.6. The molecule has 230 valence electrons. The first kappa shape index (κ1) is 31.8. The van der Waals surface area contributed by atoms with E-state index in [1.54, 1.807) is 5.57 Å². The van der Waals surface area contributed by atoms with Crippen LogP contribution in [0.5, 0.6) is 0 Å². The van der Waals surface area contributed by atoms with Crippen LogP contribution in [-0.4, -0.2) is 56.4 Å². The second kappa shape index (κ2) is 13.9. The number of carbonyl (C=O) groups is 1. The average Bonchev–Trinajstić information content (AvgIpc) is 3.26. The molecule has 0 radical (unpaired) electrons. The van der Waals surface area contributed by atoms with E-state index in [2.05, 4.69) is 50.9 Å². The van der Waals surface area contributed by atoms with Crippen LogP contribution in [0.25, 0.3) is 0 Å². The number of hydrogen-bond acceptors (Lipinski definition) is 5. The van der Waals surface area contributed by atoms with E-state index < -0.39 is 0 Å². The highest BCUT2D eigenvalue weighted by Crippen LogP contribution is 2.67. The first-order valence-corrected chi connectivity index (χ1v) is 16.9. The van der Waals surface area contributed by atoms with Crippen LogP contribution in [-0.2, 0) is 4.74 Å². The Morgan fingerprint density at radius 1 is 1.02 bits per heavy atom. The zero-order valence-corrected chi connectivity index (χ0v) is 26.6. The fourth-order valence-electron chi connectivity index (χ4n) is 9.96. The minimum Gasteiger partial charge on any atom is -0.446 e. The Balaban J connectivity index is 1.31. The summed E-state index contributed by atoms with van der Waals surface area (Å²) in [5.74, 6) is 5.11. The van der Waals surface area contributed by atoms with Gasteiger partial charge in [-0.15, -0.1) is 0 Å². The second-order valence-corrected chi connectivity index (χ2v) is 14.9. The van der Waals surface area contributed by atoms with Crippen molar-refractivity contribution in [1.29, 1.82) is 0 Å². The Kier molecular flexibility index (Phi) is 11.1. The highest BCUT2D eigenvalue weighted by Gasteiger charge is 2.59. The molecule has 0 saturated heterocycles. The van der Waals surface area contributed by atoms with Crippen molar-refractivity contribution in [1.82, 2.24) is 10.2 Å². The predicted molar refractivity (Wildman–Crippen MR) is 166 cm³/mol. The molecule has 8 atom stereocenters. The molecule has 0 spiro atoms. The molecular formula is C34H62N4O2. The highest BCUT2D eigenvalue weighted by atomic mass is 16.6. The lowest BCUT2D eigenvalue weighted by Gasteiger charge is -2.58. The number of carbonyl (C=O) groups excluding carboxylic acids is 1. The Labute approximate surface area is 245 Å². The van der Waals surface area contributed by atoms with Gasteiger partial charge >= 0.3 is 6.09 Å². The zero-order valence-electron chi connectivity index (χ0n) is 26.6. The van der Waals surface area contributed by atoms with Gasteiger partial charge in [0, 0.05) is 45.7 Å². The van der Waals surface area contributed by atoms with Gasteiger partial charge in [-0.3, -0.25) is 4.90 Å². The van der Waals surface area contributed by atoms with Crippen molar-refractivity contribution in [3.05, 3.63) is 11.6 Å². The lowest BCUT2D eigenvalue weighted by atomic mass is 9.47. The number of rotatable bonds is 13. The van der Waals surface area contributed by atoms with E-state index in [1.165, 1.54) is 51.4 Å². The summed E-state index contributed by atoms with van der Waals surface area (Å²) in [5.41, 5.74) is 13.8. The zero-order chi connectivity index (χ0) is 28.9. The molecule has 4 aliphatic rings. The standard InChI is InChI=1S/C34H62N4O2/c1-24(2)7-6-8-25(3)29-11-12-30-28-10-9-26-23-27(13-15-33(26,4)31(28)14-16-34(29,30)5)40-32(39)37-19-22-38(20-17-35)21-18-36/h9,24-25,27-31H,6-8,10-23,35-36H2,1-5H3,(H,37,39)/t25-,27-,28+,29-,30+,31+,33+,34-/m1/s1. The van der Waals surface area contributed by atoms with Gasteiger partial charge in [-0.25, -0.2) is 4.79 Å². The Hall–Kier alpha value is -1.11. The van der Waals surface area contributed by atoms with Crippen molar-refractivity contribution in [2.75, 3.05) is 39.3 Å². The molecule has 3 saturated carbocycles. The number of fused-ring (bicyclic) bond motifs is 5. The molecule has 1 amide bonds. The van der Waals surface area contributed by atoms with Gasteiger partial charge in [0.15, 0.2) is 0 Å². The van der Waals surface area contributed by atoms with Crippen molar-refractivity contribution in [2.45, 2.75) is 111 Å². The smallest absolute Gasteiger partial charge is 0.407 e. The molecule has 5 N–H and O–H groups in total. The van der Waals surface area contributed by atoms with Crippen LogP contribution in [0, 0.1) is 46.3 Å². The molecule has 0 aromatic carbocycles. The number of amides is 1. The van der Waals surface area contributed by atoms with Crippen molar-refractivity contribution in [3.63, 3.8) is 0 Å². The molecule has 0 unspecified atom stereocenters. The minimum atomic E-state index is -0.281.